The number of carbonyl (C=O) groups is 1. The number of carbonyl (C=O) groups excluding carboxylic acids is 1. The van der Waals surface area contributed by atoms with Gasteiger partial charge < -0.3 is 11.1 Å². The Labute approximate surface area is 102 Å². The zero-order valence-corrected chi connectivity index (χ0v) is 10.1. The zero-order valence-electron chi connectivity index (χ0n) is 9.27. The molecule has 2 rings (SSSR count). The van der Waals surface area contributed by atoms with Crippen LogP contribution in [0.5, 0.6) is 0 Å². The number of nitrogens with one attached hydrogen (secondary N) is 1. The van der Waals surface area contributed by atoms with E-state index in [1.807, 2.05) is 25.1 Å². The zero-order chi connectivity index (χ0) is 10.8. The third-order valence-corrected chi connectivity index (χ3v) is 2.91. The van der Waals surface area contributed by atoms with E-state index < -0.39 is 0 Å². The van der Waals surface area contributed by atoms with Crippen molar-refractivity contribution in [1.29, 1.82) is 0 Å². The molecule has 3 nitrogen and oxygen atoms in total. The first kappa shape index (κ1) is 13.0. The third-order valence-electron chi connectivity index (χ3n) is 2.91. The number of nitrogens with two attached hydrogens (primary N) is 1. The largest absolute Gasteiger partial charge is 0.352 e. The smallest absolute Gasteiger partial charge is 0.228 e. The Morgan fingerprint density at radius 1 is 1.56 bits per heavy atom. The lowest BCUT2D eigenvalue weighted by Gasteiger charge is -2.29. The van der Waals surface area contributed by atoms with Crippen LogP contribution in [0.15, 0.2) is 24.3 Å². The molecule has 0 saturated carbocycles. The van der Waals surface area contributed by atoms with Gasteiger partial charge in [-0.25, -0.2) is 0 Å². The van der Waals surface area contributed by atoms with Crippen LogP contribution in [0, 0.1) is 0 Å². The highest BCUT2D eigenvalue weighted by molar-refractivity contribution is 5.87. The van der Waals surface area contributed by atoms with E-state index in [0.29, 0.717) is 6.54 Å². The Bertz CT molecular complexity index is 381. The van der Waals surface area contributed by atoms with Crippen molar-refractivity contribution in [3.63, 3.8) is 0 Å². The van der Waals surface area contributed by atoms with E-state index in [2.05, 4.69) is 11.4 Å². The van der Waals surface area contributed by atoms with Gasteiger partial charge in [0.25, 0.3) is 0 Å². The van der Waals surface area contributed by atoms with Crippen molar-refractivity contribution in [1.82, 2.24) is 5.32 Å². The van der Waals surface area contributed by atoms with E-state index >= 15 is 0 Å². The summed E-state index contributed by atoms with van der Waals surface area (Å²) >= 11 is 0. The average Bonchev–Trinajstić information content (AvgIpc) is 2.19. The standard InChI is InChI=1S/C12H16N2O.ClH/c1-8(7-13)14-12(15)11-6-9-4-2-3-5-10(9)11;/h2-5,8,11H,6-7,13H2,1H3,(H,14,15);1H/t8-,11?;/m1./s1. The molecule has 88 valence electrons. The molecule has 1 aliphatic carbocycles. The van der Waals surface area contributed by atoms with Crippen LogP contribution in [0.25, 0.3) is 0 Å². The maximum absolute atomic E-state index is 11.8. The van der Waals surface area contributed by atoms with Crippen LogP contribution in [-0.4, -0.2) is 18.5 Å². The van der Waals surface area contributed by atoms with Crippen LogP contribution in [0.3, 0.4) is 0 Å². The predicted molar refractivity (Wildman–Crippen MR) is 66.8 cm³/mol. The molecular weight excluding hydrogens is 224 g/mol. The van der Waals surface area contributed by atoms with Gasteiger partial charge in [-0.1, -0.05) is 24.3 Å². The molecule has 0 saturated heterocycles. The number of hydrogen-bond donors (Lipinski definition) is 2. The summed E-state index contributed by atoms with van der Waals surface area (Å²) in [6.07, 6.45) is 0.860. The van der Waals surface area contributed by atoms with Gasteiger partial charge in [0.1, 0.15) is 0 Å². The average molecular weight is 241 g/mol. The van der Waals surface area contributed by atoms with Crippen molar-refractivity contribution in [2.24, 2.45) is 5.73 Å². The lowest BCUT2D eigenvalue weighted by Crippen LogP contribution is -2.43. The van der Waals surface area contributed by atoms with Crippen LogP contribution < -0.4 is 11.1 Å². The van der Waals surface area contributed by atoms with Gasteiger partial charge in [-0.15, -0.1) is 12.4 Å². The quantitative estimate of drug-likeness (QED) is 0.835. The highest BCUT2D eigenvalue weighted by Crippen LogP contribution is 2.34. The van der Waals surface area contributed by atoms with E-state index in [1.54, 1.807) is 0 Å². The number of hydrogen-bond acceptors (Lipinski definition) is 2. The Morgan fingerprint density at radius 3 is 2.88 bits per heavy atom. The highest BCUT2D eigenvalue weighted by Gasteiger charge is 2.31. The summed E-state index contributed by atoms with van der Waals surface area (Å²) in [5.41, 5.74) is 7.92. The van der Waals surface area contributed by atoms with Gasteiger partial charge >= 0.3 is 0 Å². The van der Waals surface area contributed by atoms with Crippen LogP contribution in [0.2, 0.25) is 0 Å². The second-order valence-corrected chi connectivity index (χ2v) is 4.10. The molecule has 0 radical (unpaired) electrons. The molecule has 1 aromatic rings. The minimum Gasteiger partial charge on any atom is -0.352 e. The van der Waals surface area contributed by atoms with Gasteiger partial charge in [0, 0.05) is 12.6 Å². The van der Waals surface area contributed by atoms with Crippen molar-refractivity contribution >= 4 is 18.3 Å². The van der Waals surface area contributed by atoms with Gasteiger partial charge in [-0.2, -0.15) is 0 Å². The van der Waals surface area contributed by atoms with Crippen molar-refractivity contribution in [2.75, 3.05) is 6.54 Å². The fourth-order valence-electron chi connectivity index (χ4n) is 1.90. The monoisotopic (exact) mass is 240 g/mol. The molecule has 0 fully saturated rings. The first-order valence-electron chi connectivity index (χ1n) is 5.30. The second kappa shape index (κ2) is 5.32. The first-order valence-corrected chi connectivity index (χ1v) is 5.30. The molecule has 2 atom stereocenters. The molecule has 0 spiro atoms. The molecule has 1 aromatic carbocycles. The Hall–Kier alpha value is -1.06. The summed E-state index contributed by atoms with van der Waals surface area (Å²) in [5, 5.41) is 2.91. The van der Waals surface area contributed by atoms with E-state index in [1.165, 1.54) is 11.1 Å². The fourth-order valence-corrected chi connectivity index (χ4v) is 1.90. The highest BCUT2D eigenvalue weighted by atomic mass is 35.5. The lowest BCUT2D eigenvalue weighted by molar-refractivity contribution is -0.123. The number of benzene rings is 1. The maximum atomic E-state index is 11.8. The van der Waals surface area contributed by atoms with Gasteiger partial charge in [-0.05, 0) is 24.5 Å². The van der Waals surface area contributed by atoms with E-state index in [9.17, 15) is 4.79 Å². The Balaban J connectivity index is 0.00000128. The molecule has 1 aliphatic rings. The molecule has 0 bridgehead atoms. The molecule has 16 heavy (non-hydrogen) atoms. The summed E-state index contributed by atoms with van der Waals surface area (Å²) in [4.78, 5) is 11.8. The van der Waals surface area contributed by atoms with Crippen LogP contribution in [0.1, 0.15) is 24.0 Å². The maximum Gasteiger partial charge on any atom is 0.228 e. The van der Waals surface area contributed by atoms with E-state index in [0.717, 1.165) is 6.42 Å². The van der Waals surface area contributed by atoms with Gasteiger partial charge in [0.15, 0.2) is 0 Å². The molecular formula is C12H17ClN2O. The first-order chi connectivity index (χ1) is 7.22. The van der Waals surface area contributed by atoms with Crippen molar-refractivity contribution in [3.8, 4) is 0 Å². The molecule has 0 aliphatic heterocycles. The molecule has 3 N–H and O–H groups in total. The van der Waals surface area contributed by atoms with Gasteiger partial charge in [0.05, 0.1) is 5.92 Å². The fraction of sp³-hybridized carbons (Fsp3) is 0.417. The Morgan fingerprint density at radius 2 is 2.25 bits per heavy atom. The SMILES string of the molecule is C[C@H](CN)NC(=O)C1Cc2ccccc21.Cl. The minimum absolute atomic E-state index is 0. The number of fused-ring (bicyclic) bond motifs is 1. The number of rotatable bonds is 3. The van der Waals surface area contributed by atoms with Crippen molar-refractivity contribution in [3.05, 3.63) is 35.4 Å². The molecule has 1 unspecified atom stereocenters. The molecule has 1 amide bonds. The summed E-state index contributed by atoms with van der Waals surface area (Å²) in [7, 11) is 0. The summed E-state index contributed by atoms with van der Waals surface area (Å²) in [6, 6.07) is 8.15. The Kier molecular flexibility index (Phi) is 4.33. The minimum atomic E-state index is 0. The molecule has 0 heterocycles. The summed E-state index contributed by atoms with van der Waals surface area (Å²) in [5.74, 6) is 0.141. The van der Waals surface area contributed by atoms with Gasteiger partial charge in [-0.3, -0.25) is 4.79 Å². The van der Waals surface area contributed by atoms with Crippen LogP contribution in [0.4, 0.5) is 0 Å². The number of halogens is 1. The van der Waals surface area contributed by atoms with E-state index in [-0.39, 0.29) is 30.3 Å². The normalized spacial score (nSPS) is 18.8. The summed E-state index contributed by atoms with van der Waals surface area (Å²) < 4.78 is 0. The molecule has 4 heteroatoms. The predicted octanol–water partition coefficient (Wildman–Crippen LogP) is 1.21. The van der Waals surface area contributed by atoms with Crippen molar-refractivity contribution in [2.45, 2.75) is 25.3 Å². The third kappa shape index (κ3) is 2.36. The lowest BCUT2D eigenvalue weighted by atomic mass is 9.77. The van der Waals surface area contributed by atoms with Crippen LogP contribution >= 0.6 is 12.4 Å². The number of amides is 1. The van der Waals surface area contributed by atoms with Crippen LogP contribution in [-0.2, 0) is 11.2 Å². The van der Waals surface area contributed by atoms with Gasteiger partial charge in [0.2, 0.25) is 5.91 Å². The van der Waals surface area contributed by atoms with E-state index in [4.69, 9.17) is 5.73 Å². The topological polar surface area (TPSA) is 55.1 Å². The van der Waals surface area contributed by atoms with Crippen molar-refractivity contribution < 1.29 is 4.79 Å². The summed E-state index contributed by atoms with van der Waals surface area (Å²) in [6.45, 7) is 2.41. The molecule has 0 aromatic heterocycles. The second-order valence-electron chi connectivity index (χ2n) is 4.10.